The summed E-state index contributed by atoms with van der Waals surface area (Å²) in [6.45, 7) is 2.11. The number of hydrogen-bond acceptors (Lipinski definition) is 2. The first-order valence-electron chi connectivity index (χ1n) is 6.20. The van der Waals surface area contributed by atoms with Gasteiger partial charge in [-0.1, -0.05) is 25.1 Å². The zero-order valence-corrected chi connectivity index (χ0v) is 12.6. The van der Waals surface area contributed by atoms with Gasteiger partial charge in [0.25, 0.3) is 0 Å². The number of aliphatic carboxylic acids is 1. The standard InChI is InChI=1S/C14H17BrN2O2/c1-3-8-5-4-6-9-10(7-11(16)14(18)19)13(15)17(2)12(8)9/h4-6,11H,3,7,16H2,1-2H3,(H,18,19). The summed E-state index contributed by atoms with van der Waals surface area (Å²) in [5, 5.41) is 10.0. The van der Waals surface area contributed by atoms with Crippen molar-refractivity contribution in [2.24, 2.45) is 12.8 Å². The van der Waals surface area contributed by atoms with E-state index in [2.05, 4.69) is 33.5 Å². The lowest BCUT2D eigenvalue weighted by Gasteiger charge is -2.06. The van der Waals surface area contributed by atoms with Gasteiger partial charge in [-0.15, -0.1) is 0 Å². The van der Waals surface area contributed by atoms with Gasteiger partial charge in [0.2, 0.25) is 0 Å². The maximum absolute atomic E-state index is 10.9. The van der Waals surface area contributed by atoms with E-state index in [1.165, 1.54) is 5.56 Å². The molecule has 0 aliphatic rings. The first-order chi connectivity index (χ1) is 8.97. The molecule has 3 N–H and O–H groups in total. The van der Waals surface area contributed by atoms with Crippen LogP contribution >= 0.6 is 15.9 Å². The highest BCUT2D eigenvalue weighted by Crippen LogP contribution is 2.32. The minimum absolute atomic E-state index is 0.320. The molecule has 0 radical (unpaired) electrons. The molecule has 19 heavy (non-hydrogen) atoms. The van der Waals surface area contributed by atoms with Crippen LogP contribution < -0.4 is 5.73 Å². The zero-order chi connectivity index (χ0) is 14.2. The number of para-hydroxylation sites is 1. The molecule has 2 rings (SSSR count). The molecule has 0 spiro atoms. The van der Waals surface area contributed by atoms with E-state index in [0.717, 1.165) is 27.5 Å². The Morgan fingerprint density at radius 3 is 2.79 bits per heavy atom. The molecule has 1 unspecified atom stereocenters. The third-order valence-corrected chi connectivity index (χ3v) is 4.46. The minimum atomic E-state index is -0.976. The van der Waals surface area contributed by atoms with Gasteiger partial charge in [0.05, 0.1) is 10.1 Å². The summed E-state index contributed by atoms with van der Waals surface area (Å²) in [5.74, 6) is -0.976. The summed E-state index contributed by atoms with van der Waals surface area (Å²) in [7, 11) is 1.97. The Balaban J connectivity index is 2.62. The highest BCUT2D eigenvalue weighted by molar-refractivity contribution is 9.10. The number of carbonyl (C=O) groups is 1. The number of aryl methyl sites for hydroxylation is 2. The predicted molar refractivity (Wildman–Crippen MR) is 79.3 cm³/mol. The summed E-state index contributed by atoms with van der Waals surface area (Å²) >= 11 is 3.55. The first kappa shape index (κ1) is 14.1. The quantitative estimate of drug-likeness (QED) is 0.907. The second kappa shape index (κ2) is 5.35. The van der Waals surface area contributed by atoms with E-state index in [4.69, 9.17) is 10.8 Å². The van der Waals surface area contributed by atoms with Gasteiger partial charge in [0.1, 0.15) is 6.04 Å². The number of carboxylic acid groups (broad SMARTS) is 1. The third kappa shape index (κ3) is 2.40. The van der Waals surface area contributed by atoms with E-state index in [1.807, 2.05) is 19.2 Å². The van der Waals surface area contributed by atoms with Crippen molar-refractivity contribution in [1.29, 1.82) is 0 Å². The number of hydrogen-bond donors (Lipinski definition) is 2. The van der Waals surface area contributed by atoms with E-state index in [0.29, 0.717) is 6.42 Å². The maximum Gasteiger partial charge on any atom is 0.320 e. The first-order valence-corrected chi connectivity index (χ1v) is 6.99. The second-order valence-electron chi connectivity index (χ2n) is 4.64. The average molecular weight is 325 g/mol. The smallest absolute Gasteiger partial charge is 0.320 e. The van der Waals surface area contributed by atoms with Crippen LogP contribution in [0.2, 0.25) is 0 Å². The lowest BCUT2D eigenvalue weighted by atomic mass is 10.0. The number of halogens is 1. The Morgan fingerprint density at radius 1 is 1.53 bits per heavy atom. The number of nitrogens with zero attached hydrogens (tertiary/aromatic N) is 1. The van der Waals surface area contributed by atoms with E-state index in [9.17, 15) is 4.79 Å². The molecule has 1 atom stereocenters. The van der Waals surface area contributed by atoms with Gasteiger partial charge in [0, 0.05) is 18.9 Å². The topological polar surface area (TPSA) is 68.2 Å². The maximum atomic E-state index is 10.9. The summed E-state index contributed by atoms with van der Waals surface area (Å²) in [6, 6.07) is 5.23. The van der Waals surface area contributed by atoms with Crippen molar-refractivity contribution < 1.29 is 9.90 Å². The highest BCUT2D eigenvalue weighted by Gasteiger charge is 2.20. The van der Waals surface area contributed by atoms with Crippen LogP contribution in [-0.2, 0) is 24.7 Å². The van der Waals surface area contributed by atoms with Crippen LogP contribution in [0.5, 0.6) is 0 Å². The van der Waals surface area contributed by atoms with Crippen molar-refractivity contribution in [2.45, 2.75) is 25.8 Å². The Labute approximate surface area is 120 Å². The van der Waals surface area contributed by atoms with Crippen molar-refractivity contribution >= 4 is 32.8 Å². The van der Waals surface area contributed by atoms with E-state index in [1.54, 1.807) is 0 Å². The highest BCUT2D eigenvalue weighted by atomic mass is 79.9. The Kier molecular flexibility index (Phi) is 3.96. The fourth-order valence-electron chi connectivity index (χ4n) is 2.43. The van der Waals surface area contributed by atoms with Crippen molar-refractivity contribution in [3.63, 3.8) is 0 Å². The summed E-state index contributed by atoms with van der Waals surface area (Å²) in [4.78, 5) is 10.9. The summed E-state index contributed by atoms with van der Waals surface area (Å²) in [5.41, 5.74) is 9.01. The number of carboxylic acids is 1. The molecule has 0 saturated carbocycles. The molecule has 102 valence electrons. The molecule has 0 amide bonds. The molecule has 0 bridgehead atoms. The van der Waals surface area contributed by atoms with Gasteiger partial charge < -0.3 is 15.4 Å². The lowest BCUT2D eigenvalue weighted by Crippen LogP contribution is -2.32. The molecule has 1 aromatic carbocycles. The van der Waals surface area contributed by atoms with Crippen LogP contribution in [0.3, 0.4) is 0 Å². The van der Waals surface area contributed by atoms with Gasteiger partial charge in [0.15, 0.2) is 0 Å². The monoisotopic (exact) mass is 324 g/mol. The molecule has 1 heterocycles. The SMILES string of the molecule is CCc1cccc2c(CC(N)C(=O)O)c(Br)n(C)c12. The molecule has 2 aromatic rings. The van der Waals surface area contributed by atoms with Crippen molar-refractivity contribution in [2.75, 3.05) is 0 Å². The number of fused-ring (bicyclic) bond motifs is 1. The lowest BCUT2D eigenvalue weighted by molar-refractivity contribution is -0.138. The van der Waals surface area contributed by atoms with Gasteiger partial charge in [-0.25, -0.2) is 0 Å². The fourth-order valence-corrected chi connectivity index (χ4v) is 2.98. The molecule has 5 heteroatoms. The van der Waals surface area contributed by atoms with E-state index < -0.39 is 12.0 Å². The van der Waals surface area contributed by atoms with Crippen molar-refractivity contribution in [3.05, 3.63) is 33.9 Å². The molecule has 0 aliphatic carbocycles. The van der Waals surface area contributed by atoms with E-state index >= 15 is 0 Å². The molecule has 0 aliphatic heterocycles. The van der Waals surface area contributed by atoms with Crippen molar-refractivity contribution in [3.8, 4) is 0 Å². The van der Waals surface area contributed by atoms with Gasteiger partial charge in [-0.3, -0.25) is 4.79 Å². The van der Waals surface area contributed by atoms with Crippen LogP contribution in [0.25, 0.3) is 10.9 Å². The van der Waals surface area contributed by atoms with Gasteiger partial charge in [-0.05, 0) is 33.5 Å². The largest absolute Gasteiger partial charge is 0.480 e. The van der Waals surface area contributed by atoms with Crippen molar-refractivity contribution in [1.82, 2.24) is 4.57 Å². The molecule has 0 fully saturated rings. The number of aromatic nitrogens is 1. The van der Waals surface area contributed by atoms with Crippen LogP contribution in [0, 0.1) is 0 Å². The van der Waals surface area contributed by atoms with Gasteiger partial charge in [-0.2, -0.15) is 0 Å². The normalized spacial score (nSPS) is 12.8. The molecule has 0 saturated heterocycles. The summed E-state index contributed by atoms with van der Waals surface area (Å²) in [6.07, 6.45) is 1.26. The second-order valence-corrected chi connectivity index (χ2v) is 5.40. The van der Waals surface area contributed by atoms with Gasteiger partial charge >= 0.3 is 5.97 Å². The predicted octanol–water partition coefficient (Wildman–Crippen LogP) is 2.46. The Hall–Kier alpha value is -1.33. The average Bonchev–Trinajstić information content (AvgIpc) is 2.63. The Morgan fingerprint density at radius 2 is 2.21 bits per heavy atom. The molecule has 1 aromatic heterocycles. The molecular weight excluding hydrogens is 308 g/mol. The minimum Gasteiger partial charge on any atom is -0.480 e. The van der Waals surface area contributed by atoms with Crippen LogP contribution in [0.1, 0.15) is 18.1 Å². The zero-order valence-electron chi connectivity index (χ0n) is 11.0. The summed E-state index contributed by atoms with van der Waals surface area (Å²) < 4.78 is 2.96. The Bertz CT molecular complexity index is 634. The number of benzene rings is 1. The fraction of sp³-hybridized carbons (Fsp3) is 0.357. The van der Waals surface area contributed by atoms with Crippen LogP contribution in [-0.4, -0.2) is 21.7 Å². The van der Waals surface area contributed by atoms with Crippen LogP contribution in [0.15, 0.2) is 22.8 Å². The molecular formula is C14H17BrN2O2. The third-order valence-electron chi connectivity index (χ3n) is 3.45. The van der Waals surface area contributed by atoms with Crippen LogP contribution in [0.4, 0.5) is 0 Å². The number of nitrogens with two attached hydrogens (primary N) is 1. The number of rotatable bonds is 4. The van der Waals surface area contributed by atoms with E-state index in [-0.39, 0.29) is 0 Å². The molecule has 4 nitrogen and oxygen atoms in total.